The highest BCUT2D eigenvalue weighted by Crippen LogP contribution is 2.39. The van der Waals surface area contributed by atoms with E-state index in [2.05, 4.69) is 45.4 Å². The molecule has 4 aromatic heterocycles. The lowest BCUT2D eigenvalue weighted by Crippen LogP contribution is -2.41. The van der Waals surface area contributed by atoms with Gasteiger partial charge in [0.15, 0.2) is 11.5 Å². The monoisotopic (exact) mass is 472 g/mol. The molecule has 1 aliphatic heterocycles. The lowest BCUT2D eigenvalue weighted by molar-refractivity contribution is -0.117. The number of carbonyl (C=O) groups excluding carboxylic acids is 1. The van der Waals surface area contributed by atoms with Gasteiger partial charge in [-0.15, -0.1) is 5.10 Å². The maximum atomic E-state index is 12.5. The van der Waals surface area contributed by atoms with Gasteiger partial charge >= 0.3 is 0 Å². The Labute approximate surface area is 202 Å². The Bertz CT molecular complexity index is 1430. The number of nitrogens with one attached hydrogen (secondary N) is 2. The van der Waals surface area contributed by atoms with E-state index < -0.39 is 0 Å². The van der Waals surface area contributed by atoms with E-state index in [1.165, 1.54) is 0 Å². The highest BCUT2D eigenvalue weighted by molar-refractivity contribution is 6.03. The number of morpholine rings is 1. The van der Waals surface area contributed by atoms with Crippen LogP contribution in [0.4, 0.5) is 17.3 Å². The number of amides is 1. The Balaban J connectivity index is 1.39. The van der Waals surface area contributed by atoms with E-state index in [1.54, 1.807) is 16.9 Å². The summed E-state index contributed by atoms with van der Waals surface area (Å²) in [7, 11) is 1.82. The summed E-state index contributed by atoms with van der Waals surface area (Å²) in [5.41, 5.74) is 2.62. The predicted octanol–water partition coefficient (Wildman–Crippen LogP) is 3.20. The number of rotatable bonds is 5. The molecule has 0 bridgehead atoms. The van der Waals surface area contributed by atoms with Crippen molar-refractivity contribution >= 4 is 39.6 Å². The van der Waals surface area contributed by atoms with Gasteiger partial charge in [0.25, 0.3) is 0 Å². The van der Waals surface area contributed by atoms with Crippen molar-refractivity contribution in [1.29, 1.82) is 0 Å². The minimum absolute atomic E-state index is 0.0182. The third-order valence-corrected chi connectivity index (χ3v) is 6.87. The summed E-state index contributed by atoms with van der Waals surface area (Å²) in [5, 5.41) is 12.6. The number of carbonyl (C=O) groups is 1. The van der Waals surface area contributed by atoms with E-state index in [-0.39, 0.29) is 17.9 Å². The summed E-state index contributed by atoms with van der Waals surface area (Å²) < 4.78 is 7.48. The molecule has 1 aliphatic carbocycles. The van der Waals surface area contributed by atoms with Crippen molar-refractivity contribution in [2.75, 3.05) is 42.3 Å². The van der Waals surface area contributed by atoms with Crippen LogP contribution in [0.3, 0.4) is 0 Å². The number of hydrogen-bond donors (Lipinski definition) is 2. The minimum Gasteiger partial charge on any atom is -0.375 e. The van der Waals surface area contributed by atoms with Crippen LogP contribution in [-0.2, 0) is 9.53 Å². The SMILES string of the molecule is CNc1ncc(-c2nc3ccc(N4CCOC(C)C4)cn3n2)c2cc(NC(=O)[C@H]3C[C@H]3C)ncc12. The van der Waals surface area contributed by atoms with Gasteiger partial charge in [0.1, 0.15) is 11.6 Å². The summed E-state index contributed by atoms with van der Waals surface area (Å²) in [6.45, 7) is 6.57. The first-order valence-corrected chi connectivity index (χ1v) is 12.0. The van der Waals surface area contributed by atoms with Crippen LogP contribution in [0.1, 0.15) is 20.3 Å². The molecule has 180 valence electrons. The lowest BCUT2D eigenvalue weighted by Gasteiger charge is -2.32. The molecule has 1 unspecified atom stereocenters. The topological polar surface area (TPSA) is 110 Å². The van der Waals surface area contributed by atoms with Crippen LogP contribution in [0.15, 0.2) is 36.8 Å². The van der Waals surface area contributed by atoms with Gasteiger partial charge in [-0.1, -0.05) is 6.92 Å². The van der Waals surface area contributed by atoms with Crippen molar-refractivity contribution in [3.8, 4) is 11.4 Å². The molecule has 2 N–H and O–H groups in total. The van der Waals surface area contributed by atoms with Gasteiger partial charge < -0.3 is 20.3 Å². The fraction of sp³-hybridized carbons (Fsp3) is 0.400. The Morgan fingerprint density at radius 1 is 1.17 bits per heavy atom. The Kier molecular flexibility index (Phi) is 5.25. The van der Waals surface area contributed by atoms with Crippen LogP contribution in [-0.4, -0.2) is 63.3 Å². The Hall–Kier alpha value is -3.79. The molecule has 0 radical (unpaired) electrons. The summed E-state index contributed by atoms with van der Waals surface area (Å²) in [6, 6.07) is 5.93. The standard InChI is InChI=1S/C25H28N8O2/c1-14-8-17(14)25(34)29-21-9-18-19(10-27-21)23(26-3)28-11-20(18)24-30-22-5-4-16(13-33(22)31-24)32-6-7-35-15(2)12-32/h4-5,9-11,13-15,17H,6-8,12H2,1-3H3,(H,26,28)(H,27,29,34)/t14-,15?,17+/m1/s1. The molecule has 35 heavy (non-hydrogen) atoms. The van der Waals surface area contributed by atoms with Gasteiger partial charge in [-0.05, 0) is 37.5 Å². The normalized spacial score (nSPS) is 21.9. The smallest absolute Gasteiger partial charge is 0.228 e. The molecule has 0 aromatic carbocycles. The van der Waals surface area contributed by atoms with Crippen molar-refractivity contribution in [3.05, 3.63) is 36.8 Å². The highest BCUT2D eigenvalue weighted by Gasteiger charge is 2.39. The molecule has 3 atom stereocenters. The number of anilines is 3. The van der Waals surface area contributed by atoms with Crippen molar-refractivity contribution < 1.29 is 9.53 Å². The van der Waals surface area contributed by atoms with Crippen molar-refractivity contribution in [3.63, 3.8) is 0 Å². The lowest BCUT2D eigenvalue weighted by atomic mass is 10.1. The Morgan fingerprint density at radius 3 is 2.80 bits per heavy atom. The zero-order valence-electron chi connectivity index (χ0n) is 20.0. The second-order valence-electron chi connectivity index (χ2n) is 9.45. The second-order valence-corrected chi connectivity index (χ2v) is 9.45. The van der Waals surface area contributed by atoms with Crippen LogP contribution >= 0.6 is 0 Å². The number of pyridine rings is 3. The van der Waals surface area contributed by atoms with Gasteiger partial charge in [0.05, 0.1) is 24.6 Å². The molecule has 6 rings (SSSR count). The molecule has 4 aromatic rings. The van der Waals surface area contributed by atoms with Crippen LogP contribution in [0, 0.1) is 11.8 Å². The fourth-order valence-electron chi connectivity index (χ4n) is 4.71. The predicted molar refractivity (Wildman–Crippen MR) is 135 cm³/mol. The largest absolute Gasteiger partial charge is 0.375 e. The quantitative estimate of drug-likeness (QED) is 0.456. The van der Waals surface area contributed by atoms with Crippen LogP contribution in [0.5, 0.6) is 0 Å². The van der Waals surface area contributed by atoms with Crippen molar-refractivity contribution in [1.82, 2.24) is 24.6 Å². The van der Waals surface area contributed by atoms with Crippen LogP contribution in [0.25, 0.3) is 27.8 Å². The maximum Gasteiger partial charge on any atom is 0.228 e. The summed E-state index contributed by atoms with van der Waals surface area (Å²) in [6.07, 6.45) is 6.62. The first-order valence-electron chi connectivity index (χ1n) is 12.0. The number of nitrogens with zero attached hydrogens (tertiary/aromatic N) is 6. The first kappa shape index (κ1) is 21.7. The van der Waals surface area contributed by atoms with Gasteiger partial charge in [0.2, 0.25) is 5.91 Å². The highest BCUT2D eigenvalue weighted by atomic mass is 16.5. The molecule has 5 heterocycles. The van der Waals surface area contributed by atoms with E-state index in [9.17, 15) is 4.79 Å². The van der Waals surface area contributed by atoms with E-state index in [1.807, 2.05) is 25.4 Å². The van der Waals surface area contributed by atoms with E-state index in [0.717, 1.165) is 47.2 Å². The second kappa shape index (κ2) is 8.46. The molecular formula is C25H28N8O2. The van der Waals surface area contributed by atoms with Gasteiger partial charge in [-0.2, -0.15) is 0 Å². The molecule has 1 amide bonds. The summed E-state index contributed by atoms with van der Waals surface area (Å²) in [5.74, 6) is 2.31. The number of hydrogen-bond acceptors (Lipinski definition) is 8. The van der Waals surface area contributed by atoms with Gasteiger partial charge in [-0.25, -0.2) is 19.5 Å². The van der Waals surface area contributed by atoms with E-state index in [4.69, 9.17) is 14.8 Å². The average molecular weight is 473 g/mol. The number of ether oxygens (including phenoxy) is 1. The van der Waals surface area contributed by atoms with Gasteiger partial charge in [0, 0.05) is 54.8 Å². The summed E-state index contributed by atoms with van der Waals surface area (Å²) >= 11 is 0. The zero-order valence-corrected chi connectivity index (χ0v) is 20.0. The molecule has 10 heteroatoms. The fourth-order valence-corrected chi connectivity index (χ4v) is 4.71. The van der Waals surface area contributed by atoms with Crippen LogP contribution in [0.2, 0.25) is 0 Å². The third-order valence-electron chi connectivity index (χ3n) is 6.87. The summed E-state index contributed by atoms with van der Waals surface area (Å²) in [4.78, 5) is 28.6. The van der Waals surface area contributed by atoms with Crippen molar-refractivity contribution in [2.24, 2.45) is 11.8 Å². The zero-order chi connectivity index (χ0) is 24.1. The first-order chi connectivity index (χ1) is 17.0. The molecule has 1 saturated carbocycles. The number of aromatic nitrogens is 5. The Morgan fingerprint density at radius 2 is 2.03 bits per heavy atom. The molecule has 2 aliphatic rings. The molecule has 1 saturated heterocycles. The van der Waals surface area contributed by atoms with E-state index >= 15 is 0 Å². The molecule has 2 fully saturated rings. The van der Waals surface area contributed by atoms with Crippen LogP contribution < -0.4 is 15.5 Å². The number of fused-ring (bicyclic) bond motifs is 2. The van der Waals surface area contributed by atoms with Crippen molar-refractivity contribution in [2.45, 2.75) is 26.4 Å². The maximum absolute atomic E-state index is 12.5. The van der Waals surface area contributed by atoms with E-state index in [0.29, 0.717) is 30.0 Å². The minimum atomic E-state index is 0.0182. The molecule has 10 nitrogen and oxygen atoms in total. The molecule has 0 spiro atoms. The third kappa shape index (κ3) is 4.03. The van der Waals surface area contributed by atoms with Gasteiger partial charge in [-0.3, -0.25) is 4.79 Å². The average Bonchev–Trinajstić information content (AvgIpc) is 3.45. The molecular weight excluding hydrogens is 444 g/mol.